The number of pyridine rings is 1. The second-order valence-electron chi connectivity index (χ2n) is 3.03. The van der Waals surface area contributed by atoms with Gasteiger partial charge in [-0.25, -0.2) is 8.78 Å². The summed E-state index contributed by atoms with van der Waals surface area (Å²) in [5.74, 6) is -2.65. The summed E-state index contributed by atoms with van der Waals surface area (Å²) in [7, 11) is 0. The topological polar surface area (TPSA) is 24.9 Å². The molecule has 100 valence electrons. The molecule has 0 fully saturated rings. The zero-order valence-electron chi connectivity index (χ0n) is 11.4. The van der Waals surface area contributed by atoms with Gasteiger partial charge in [0.1, 0.15) is 0 Å². The molecule has 1 N–H and O–H groups in total. The maximum absolute atomic E-state index is 12.4. The van der Waals surface area contributed by atoms with Crippen LogP contribution in [-0.4, -0.2) is 17.5 Å². The molecule has 1 rings (SSSR count). The van der Waals surface area contributed by atoms with Crippen molar-refractivity contribution in [2.75, 3.05) is 6.54 Å². The lowest BCUT2D eigenvalue weighted by Crippen LogP contribution is -2.29. The molecular weight excluding hydrogens is 222 g/mol. The molecule has 1 aromatic heterocycles. The van der Waals surface area contributed by atoms with Crippen LogP contribution in [0.2, 0.25) is 0 Å². The summed E-state index contributed by atoms with van der Waals surface area (Å²) >= 11 is 0. The van der Waals surface area contributed by atoms with E-state index in [1.165, 1.54) is 0 Å². The first-order valence-corrected chi connectivity index (χ1v) is 6.05. The number of hydrogen-bond donors (Lipinski definition) is 1. The molecule has 0 atom stereocenters. The van der Waals surface area contributed by atoms with Gasteiger partial charge in [-0.2, -0.15) is 0 Å². The van der Waals surface area contributed by atoms with Gasteiger partial charge in [-0.3, -0.25) is 4.98 Å². The second kappa shape index (κ2) is 11.5. The molecule has 0 saturated carbocycles. The summed E-state index contributed by atoms with van der Waals surface area (Å²) in [5.41, 5.74) is 0.958. The molecule has 2 nitrogen and oxygen atoms in total. The lowest BCUT2D eigenvalue weighted by Gasteiger charge is -2.10. The predicted octanol–water partition coefficient (Wildman–Crippen LogP) is 3.88. The van der Waals surface area contributed by atoms with Crippen LogP contribution in [-0.2, 0) is 6.54 Å². The van der Waals surface area contributed by atoms with E-state index in [4.69, 9.17) is 0 Å². The zero-order valence-corrected chi connectivity index (χ0v) is 11.4. The van der Waals surface area contributed by atoms with Gasteiger partial charge in [-0.15, -0.1) is 0 Å². The van der Waals surface area contributed by atoms with Crippen molar-refractivity contribution >= 4 is 0 Å². The Bertz CT molecular complexity index is 245. The Kier molecular flexibility index (Phi) is 12.4. The summed E-state index contributed by atoms with van der Waals surface area (Å²) in [5, 5.41) is 2.66. The Morgan fingerprint density at radius 2 is 1.59 bits per heavy atom. The minimum atomic E-state index is -2.65. The summed E-state index contributed by atoms with van der Waals surface area (Å²) in [6, 6.07) is 3.58. The fourth-order valence-corrected chi connectivity index (χ4v) is 0.927. The third-order valence-corrected chi connectivity index (χ3v) is 1.51. The van der Waals surface area contributed by atoms with E-state index in [0.29, 0.717) is 6.54 Å². The van der Waals surface area contributed by atoms with Crippen molar-refractivity contribution in [3.8, 4) is 0 Å². The highest BCUT2D eigenvalue weighted by Gasteiger charge is 2.19. The number of nitrogens with one attached hydrogen (secondary N) is 1. The molecule has 4 heteroatoms. The van der Waals surface area contributed by atoms with Gasteiger partial charge in [0.05, 0.1) is 6.54 Å². The minimum absolute atomic E-state index is 0.296. The Morgan fingerprint density at radius 3 is 2.00 bits per heavy atom. The van der Waals surface area contributed by atoms with Crippen molar-refractivity contribution in [1.82, 2.24) is 10.3 Å². The number of halogens is 2. The minimum Gasteiger partial charge on any atom is -0.307 e. The Balaban J connectivity index is 0. The normalized spacial score (nSPS) is 9.59. The first-order valence-electron chi connectivity index (χ1n) is 6.05. The van der Waals surface area contributed by atoms with Crippen LogP contribution in [0.4, 0.5) is 8.78 Å². The Morgan fingerprint density at radius 1 is 1.12 bits per heavy atom. The summed E-state index contributed by atoms with van der Waals surface area (Å²) in [4.78, 5) is 3.83. The molecule has 0 spiro atoms. The summed E-state index contributed by atoms with van der Waals surface area (Å²) in [6.45, 7) is 9.05. The van der Waals surface area contributed by atoms with Crippen molar-refractivity contribution in [2.45, 2.75) is 47.1 Å². The van der Waals surface area contributed by atoms with Crippen LogP contribution in [0.3, 0.4) is 0 Å². The quantitative estimate of drug-likeness (QED) is 0.872. The lowest BCUT2D eigenvalue weighted by molar-refractivity contribution is 0.0224. The van der Waals surface area contributed by atoms with Gasteiger partial charge in [0, 0.05) is 25.9 Å². The third kappa shape index (κ3) is 12.9. The maximum atomic E-state index is 12.4. The van der Waals surface area contributed by atoms with Gasteiger partial charge < -0.3 is 5.32 Å². The van der Waals surface area contributed by atoms with Crippen molar-refractivity contribution in [3.63, 3.8) is 0 Å². The molecule has 0 bridgehead atoms. The van der Waals surface area contributed by atoms with E-state index in [1.807, 2.05) is 27.7 Å². The molecule has 0 unspecified atom stereocenters. The summed E-state index contributed by atoms with van der Waals surface area (Å²) < 4.78 is 24.7. The van der Waals surface area contributed by atoms with Gasteiger partial charge in [-0.1, -0.05) is 27.7 Å². The van der Waals surface area contributed by atoms with E-state index in [9.17, 15) is 8.78 Å². The van der Waals surface area contributed by atoms with Crippen LogP contribution in [0.1, 0.15) is 40.2 Å². The zero-order chi connectivity index (χ0) is 13.7. The molecule has 0 aliphatic carbocycles. The molecule has 1 heterocycles. The Labute approximate surface area is 103 Å². The standard InChI is InChI=1S/C9H12F2N2.2C2H6/c1-9(10,11)7-13-6-8-2-4-12-5-3-8;2*1-2/h2-5,13H,6-7H2,1H3;2*1-2H3. The lowest BCUT2D eigenvalue weighted by atomic mass is 10.2. The predicted molar refractivity (Wildman–Crippen MR) is 69.3 cm³/mol. The van der Waals surface area contributed by atoms with Crippen LogP contribution in [0.5, 0.6) is 0 Å². The second-order valence-corrected chi connectivity index (χ2v) is 3.03. The smallest absolute Gasteiger partial charge is 0.257 e. The highest BCUT2D eigenvalue weighted by Crippen LogP contribution is 2.09. The number of nitrogens with zero attached hydrogens (tertiary/aromatic N) is 1. The molecule has 17 heavy (non-hydrogen) atoms. The number of hydrogen-bond acceptors (Lipinski definition) is 2. The largest absolute Gasteiger partial charge is 0.307 e. The van der Waals surface area contributed by atoms with E-state index >= 15 is 0 Å². The van der Waals surface area contributed by atoms with Gasteiger partial charge in [0.2, 0.25) is 0 Å². The average Bonchev–Trinajstić information content (AvgIpc) is 2.34. The highest BCUT2D eigenvalue weighted by atomic mass is 19.3. The maximum Gasteiger partial charge on any atom is 0.257 e. The molecule has 0 aliphatic heterocycles. The first kappa shape index (κ1) is 18.3. The van der Waals surface area contributed by atoms with Crippen LogP contribution < -0.4 is 5.32 Å². The fourth-order valence-electron chi connectivity index (χ4n) is 0.927. The van der Waals surface area contributed by atoms with E-state index in [2.05, 4.69) is 10.3 Å². The van der Waals surface area contributed by atoms with E-state index in [0.717, 1.165) is 12.5 Å². The Hall–Kier alpha value is -1.03. The van der Waals surface area contributed by atoms with Crippen LogP contribution in [0.25, 0.3) is 0 Å². The first-order chi connectivity index (χ1) is 8.08. The SMILES string of the molecule is CC.CC.CC(F)(F)CNCc1ccncc1. The van der Waals surface area contributed by atoms with Gasteiger partial charge >= 0.3 is 0 Å². The highest BCUT2D eigenvalue weighted by molar-refractivity contribution is 5.08. The number of rotatable bonds is 4. The molecular formula is C13H24F2N2. The summed E-state index contributed by atoms with van der Waals surface area (Å²) in [6.07, 6.45) is 3.28. The molecule has 0 amide bonds. The van der Waals surface area contributed by atoms with Gasteiger partial charge in [0.15, 0.2) is 0 Å². The number of aromatic nitrogens is 1. The molecule has 0 saturated heterocycles. The van der Waals surface area contributed by atoms with Crippen molar-refractivity contribution in [1.29, 1.82) is 0 Å². The molecule has 0 radical (unpaired) electrons. The monoisotopic (exact) mass is 246 g/mol. The molecule has 1 aromatic rings. The fraction of sp³-hybridized carbons (Fsp3) is 0.615. The van der Waals surface area contributed by atoms with Crippen LogP contribution in [0.15, 0.2) is 24.5 Å². The van der Waals surface area contributed by atoms with Crippen LogP contribution >= 0.6 is 0 Å². The van der Waals surface area contributed by atoms with Crippen molar-refractivity contribution in [3.05, 3.63) is 30.1 Å². The van der Waals surface area contributed by atoms with Gasteiger partial charge in [0.25, 0.3) is 5.92 Å². The van der Waals surface area contributed by atoms with Crippen molar-refractivity contribution < 1.29 is 8.78 Å². The molecule has 0 aromatic carbocycles. The number of alkyl halides is 2. The molecule has 0 aliphatic rings. The third-order valence-electron chi connectivity index (χ3n) is 1.51. The van der Waals surface area contributed by atoms with E-state index in [-0.39, 0.29) is 6.54 Å². The average molecular weight is 246 g/mol. The van der Waals surface area contributed by atoms with Crippen LogP contribution in [0, 0.1) is 0 Å². The van der Waals surface area contributed by atoms with Crippen molar-refractivity contribution in [2.24, 2.45) is 0 Å². The van der Waals surface area contributed by atoms with Gasteiger partial charge in [-0.05, 0) is 17.7 Å². The van der Waals surface area contributed by atoms with E-state index in [1.54, 1.807) is 24.5 Å². The van der Waals surface area contributed by atoms with E-state index < -0.39 is 5.92 Å².